The Kier molecular flexibility index (Phi) is 3.35. The lowest BCUT2D eigenvalue weighted by Gasteiger charge is -2.08. The predicted octanol–water partition coefficient (Wildman–Crippen LogP) is 3.51. The van der Waals surface area contributed by atoms with Crippen LogP contribution in [0.1, 0.15) is 11.1 Å². The Morgan fingerprint density at radius 2 is 2.00 bits per heavy atom. The van der Waals surface area contributed by atoms with Crippen LogP contribution in [0.2, 0.25) is 0 Å². The number of thiophene rings is 1. The Balaban J connectivity index is 2.19. The maximum atomic E-state index is 13.5. The quantitative estimate of drug-likeness (QED) is 0.904. The van der Waals surface area contributed by atoms with Gasteiger partial charge in [-0.1, -0.05) is 0 Å². The molecular formula is C12H8F2N2S. The Bertz CT molecular complexity index is 535. The van der Waals surface area contributed by atoms with Gasteiger partial charge in [0.15, 0.2) is 11.6 Å². The van der Waals surface area contributed by atoms with Crippen molar-refractivity contribution in [3.8, 4) is 6.07 Å². The van der Waals surface area contributed by atoms with Crippen molar-refractivity contribution in [2.75, 3.05) is 5.32 Å². The second-order valence-corrected chi connectivity index (χ2v) is 4.19. The molecule has 2 nitrogen and oxygen atoms in total. The lowest BCUT2D eigenvalue weighted by Crippen LogP contribution is -2.03. The molecule has 1 N–H and O–H groups in total. The van der Waals surface area contributed by atoms with Gasteiger partial charge in [0.1, 0.15) is 5.69 Å². The Morgan fingerprint density at radius 1 is 1.29 bits per heavy atom. The van der Waals surface area contributed by atoms with Crippen LogP contribution in [0.15, 0.2) is 29.0 Å². The topological polar surface area (TPSA) is 35.8 Å². The van der Waals surface area contributed by atoms with Crippen molar-refractivity contribution in [3.63, 3.8) is 0 Å². The summed E-state index contributed by atoms with van der Waals surface area (Å²) >= 11 is 1.52. The van der Waals surface area contributed by atoms with Gasteiger partial charge in [0.05, 0.1) is 11.6 Å². The van der Waals surface area contributed by atoms with Crippen molar-refractivity contribution < 1.29 is 8.78 Å². The van der Waals surface area contributed by atoms with Crippen LogP contribution in [-0.4, -0.2) is 0 Å². The van der Waals surface area contributed by atoms with E-state index in [-0.39, 0.29) is 11.3 Å². The Hall–Kier alpha value is -1.93. The molecule has 0 atom stereocenters. The molecule has 1 heterocycles. The first kappa shape index (κ1) is 11.6. The predicted molar refractivity (Wildman–Crippen MR) is 62.7 cm³/mol. The van der Waals surface area contributed by atoms with Crippen LogP contribution < -0.4 is 5.32 Å². The fourth-order valence-corrected chi connectivity index (χ4v) is 2.06. The number of hydrogen-bond donors (Lipinski definition) is 1. The molecule has 0 saturated carbocycles. The minimum absolute atomic E-state index is 0.0268. The second-order valence-electron chi connectivity index (χ2n) is 3.41. The molecular weight excluding hydrogens is 242 g/mol. The molecule has 0 aliphatic rings. The molecule has 2 rings (SSSR count). The van der Waals surface area contributed by atoms with E-state index in [4.69, 9.17) is 5.26 Å². The van der Waals surface area contributed by atoms with Crippen molar-refractivity contribution in [2.45, 2.75) is 6.54 Å². The van der Waals surface area contributed by atoms with Gasteiger partial charge in [-0.05, 0) is 34.5 Å². The molecule has 0 aliphatic heterocycles. The molecule has 0 amide bonds. The fraction of sp³-hybridized carbons (Fsp3) is 0.0833. The van der Waals surface area contributed by atoms with Gasteiger partial charge in [-0.15, -0.1) is 0 Å². The number of anilines is 1. The molecule has 0 aliphatic carbocycles. The van der Waals surface area contributed by atoms with E-state index in [0.717, 1.165) is 17.7 Å². The fourth-order valence-electron chi connectivity index (χ4n) is 1.39. The molecule has 86 valence electrons. The van der Waals surface area contributed by atoms with Crippen LogP contribution in [0, 0.1) is 23.0 Å². The molecule has 17 heavy (non-hydrogen) atoms. The van der Waals surface area contributed by atoms with E-state index in [9.17, 15) is 8.78 Å². The molecule has 0 unspecified atom stereocenters. The highest BCUT2D eigenvalue weighted by atomic mass is 32.1. The summed E-state index contributed by atoms with van der Waals surface area (Å²) in [5, 5.41) is 15.0. The molecule has 2 aromatic rings. The van der Waals surface area contributed by atoms with Gasteiger partial charge < -0.3 is 5.32 Å². The van der Waals surface area contributed by atoms with Crippen LogP contribution in [-0.2, 0) is 6.54 Å². The molecule has 5 heteroatoms. The maximum Gasteiger partial charge on any atom is 0.150 e. The van der Waals surface area contributed by atoms with Gasteiger partial charge in [-0.3, -0.25) is 0 Å². The monoisotopic (exact) mass is 250 g/mol. The first-order valence-corrected chi connectivity index (χ1v) is 5.79. The lowest BCUT2D eigenvalue weighted by molar-refractivity contribution is 0.587. The van der Waals surface area contributed by atoms with E-state index in [1.165, 1.54) is 11.3 Å². The van der Waals surface area contributed by atoms with E-state index >= 15 is 0 Å². The molecule has 1 aromatic carbocycles. The number of nitrogens with one attached hydrogen (secondary N) is 1. The minimum atomic E-state index is -0.753. The summed E-state index contributed by atoms with van der Waals surface area (Å²) in [6.45, 7) is 0.350. The molecule has 0 saturated heterocycles. The second kappa shape index (κ2) is 4.93. The van der Waals surface area contributed by atoms with E-state index < -0.39 is 11.6 Å². The Labute approximate surface area is 101 Å². The van der Waals surface area contributed by atoms with Crippen molar-refractivity contribution in [1.29, 1.82) is 5.26 Å². The van der Waals surface area contributed by atoms with Gasteiger partial charge in [-0.2, -0.15) is 16.6 Å². The van der Waals surface area contributed by atoms with Gasteiger partial charge in [0.2, 0.25) is 0 Å². The summed E-state index contributed by atoms with van der Waals surface area (Å²) < 4.78 is 27.0. The number of halogens is 2. The van der Waals surface area contributed by atoms with Crippen LogP contribution in [0.3, 0.4) is 0 Å². The number of benzene rings is 1. The van der Waals surface area contributed by atoms with Crippen molar-refractivity contribution >= 4 is 17.0 Å². The van der Waals surface area contributed by atoms with Crippen LogP contribution in [0.5, 0.6) is 0 Å². The largest absolute Gasteiger partial charge is 0.376 e. The summed E-state index contributed by atoms with van der Waals surface area (Å²) in [6, 6.07) is 5.60. The van der Waals surface area contributed by atoms with Crippen LogP contribution in [0.4, 0.5) is 14.5 Å². The third-order valence-electron chi connectivity index (χ3n) is 2.22. The normalized spacial score (nSPS) is 9.94. The average Bonchev–Trinajstić information content (AvgIpc) is 2.80. The summed E-state index contributed by atoms with van der Waals surface area (Å²) in [4.78, 5) is 0. The SMILES string of the molecule is N#Cc1cc(F)c(NCc2ccsc2)c(F)c1. The first-order chi connectivity index (χ1) is 8.20. The zero-order chi connectivity index (χ0) is 12.3. The third kappa shape index (κ3) is 2.60. The average molecular weight is 250 g/mol. The van der Waals surface area contributed by atoms with Gasteiger partial charge >= 0.3 is 0 Å². The maximum absolute atomic E-state index is 13.5. The summed E-state index contributed by atoms with van der Waals surface area (Å²) in [5.74, 6) is -1.51. The summed E-state index contributed by atoms with van der Waals surface area (Å²) in [6.07, 6.45) is 0. The smallest absolute Gasteiger partial charge is 0.150 e. The Morgan fingerprint density at radius 3 is 2.53 bits per heavy atom. The van der Waals surface area contributed by atoms with Crippen molar-refractivity contribution in [2.24, 2.45) is 0 Å². The molecule has 1 aromatic heterocycles. The van der Waals surface area contributed by atoms with E-state index in [1.54, 1.807) is 6.07 Å². The van der Waals surface area contributed by atoms with Crippen molar-refractivity contribution in [3.05, 3.63) is 51.7 Å². The van der Waals surface area contributed by atoms with E-state index in [0.29, 0.717) is 6.54 Å². The number of hydrogen-bond acceptors (Lipinski definition) is 3. The molecule has 0 spiro atoms. The molecule has 0 bridgehead atoms. The zero-order valence-electron chi connectivity index (χ0n) is 8.71. The molecule has 0 fully saturated rings. The third-order valence-corrected chi connectivity index (χ3v) is 2.95. The van der Waals surface area contributed by atoms with Crippen LogP contribution in [0.25, 0.3) is 0 Å². The van der Waals surface area contributed by atoms with Crippen LogP contribution >= 0.6 is 11.3 Å². The number of nitriles is 1. The first-order valence-electron chi connectivity index (χ1n) is 4.85. The zero-order valence-corrected chi connectivity index (χ0v) is 9.52. The highest BCUT2D eigenvalue weighted by Gasteiger charge is 2.10. The van der Waals surface area contributed by atoms with E-state index in [1.807, 2.05) is 16.8 Å². The van der Waals surface area contributed by atoms with E-state index in [2.05, 4.69) is 5.32 Å². The number of nitrogens with zero attached hydrogens (tertiary/aromatic N) is 1. The lowest BCUT2D eigenvalue weighted by atomic mass is 10.2. The van der Waals surface area contributed by atoms with Gasteiger partial charge in [0, 0.05) is 6.54 Å². The number of rotatable bonds is 3. The minimum Gasteiger partial charge on any atom is -0.376 e. The van der Waals surface area contributed by atoms with Gasteiger partial charge in [-0.25, -0.2) is 8.78 Å². The highest BCUT2D eigenvalue weighted by Crippen LogP contribution is 2.21. The highest BCUT2D eigenvalue weighted by molar-refractivity contribution is 7.07. The summed E-state index contributed by atoms with van der Waals surface area (Å²) in [5.41, 5.74) is 0.731. The standard InChI is InChI=1S/C12H8F2N2S/c13-10-3-9(5-15)4-11(14)12(10)16-6-8-1-2-17-7-8/h1-4,7,16H,6H2. The van der Waals surface area contributed by atoms with Crippen molar-refractivity contribution in [1.82, 2.24) is 0 Å². The summed E-state index contributed by atoms with van der Waals surface area (Å²) in [7, 11) is 0. The molecule has 0 radical (unpaired) electrons. The van der Waals surface area contributed by atoms with Gasteiger partial charge in [0.25, 0.3) is 0 Å².